The van der Waals surface area contributed by atoms with Gasteiger partial charge in [0.1, 0.15) is 5.82 Å². The van der Waals surface area contributed by atoms with E-state index >= 15 is 0 Å². The molecule has 1 fully saturated rings. The fourth-order valence-corrected chi connectivity index (χ4v) is 2.95. The Morgan fingerprint density at radius 3 is 2.81 bits per heavy atom. The summed E-state index contributed by atoms with van der Waals surface area (Å²) in [6, 6.07) is 6.20. The molecule has 0 bridgehead atoms. The lowest BCUT2D eigenvalue weighted by Gasteiger charge is -2.08. The molecule has 1 aromatic carbocycles. The molecule has 1 saturated carbocycles. The minimum atomic E-state index is 0.667. The fourth-order valence-electron chi connectivity index (χ4n) is 2.76. The standard InChI is InChI=1S/C13H16N2S/c1-15-12-7-6-10(16)8-11(12)14-13(15)9-4-2-3-5-9/h6-9,16H,2-5H2,1H3. The van der Waals surface area contributed by atoms with Crippen molar-refractivity contribution < 1.29 is 0 Å². The van der Waals surface area contributed by atoms with E-state index in [9.17, 15) is 0 Å². The SMILES string of the molecule is Cn1c(C2CCCC2)nc2cc(S)ccc21. The highest BCUT2D eigenvalue weighted by atomic mass is 32.1. The molecule has 2 nitrogen and oxygen atoms in total. The number of thiol groups is 1. The molecule has 0 radical (unpaired) electrons. The van der Waals surface area contributed by atoms with Gasteiger partial charge in [0.05, 0.1) is 11.0 Å². The Morgan fingerprint density at radius 1 is 1.31 bits per heavy atom. The largest absolute Gasteiger partial charge is 0.331 e. The fraction of sp³-hybridized carbons (Fsp3) is 0.462. The van der Waals surface area contributed by atoms with E-state index < -0.39 is 0 Å². The summed E-state index contributed by atoms with van der Waals surface area (Å²) in [7, 11) is 2.13. The number of aromatic nitrogens is 2. The quantitative estimate of drug-likeness (QED) is 0.745. The Bertz CT molecular complexity index is 524. The van der Waals surface area contributed by atoms with Crippen molar-refractivity contribution in [2.45, 2.75) is 36.5 Å². The number of hydrogen-bond donors (Lipinski definition) is 1. The van der Waals surface area contributed by atoms with Crippen molar-refractivity contribution in [1.29, 1.82) is 0 Å². The zero-order valence-corrected chi connectivity index (χ0v) is 10.4. The number of rotatable bonds is 1. The van der Waals surface area contributed by atoms with Crippen LogP contribution in [0.15, 0.2) is 23.1 Å². The van der Waals surface area contributed by atoms with Gasteiger partial charge in [0, 0.05) is 17.9 Å². The molecular weight excluding hydrogens is 216 g/mol. The smallest absolute Gasteiger partial charge is 0.112 e. The number of benzene rings is 1. The van der Waals surface area contributed by atoms with Crippen LogP contribution in [0.3, 0.4) is 0 Å². The predicted molar refractivity (Wildman–Crippen MR) is 69.2 cm³/mol. The lowest BCUT2D eigenvalue weighted by molar-refractivity contribution is 0.639. The van der Waals surface area contributed by atoms with E-state index in [-0.39, 0.29) is 0 Å². The first kappa shape index (κ1) is 10.2. The second kappa shape index (κ2) is 3.81. The van der Waals surface area contributed by atoms with Gasteiger partial charge in [-0.25, -0.2) is 4.98 Å². The Balaban J connectivity index is 2.14. The van der Waals surface area contributed by atoms with E-state index in [0.717, 1.165) is 10.4 Å². The van der Waals surface area contributed by atoms with Crippen LogP contribution in [0, 0.1) is 0 Å². The Hall–Kier alpha value is -0.960. The zero-order valence-electron chi connectivity index (χ0n) is 9.48. The molecule has 1 aromatic heterocycles. The van der Waals surface area contributed by atoms with Gasteiger partial charge in [0.2, 0.25) is 0 Å². The van der Waals surface area contributed by atoms with Crippen molar-refractivity contribution in [2.75, 3.05) is 0 Å². The highest BCUT2D eigenvalue weighted by molar-refractivity contribution is 7.80. The van der Waals surface area contributed by atoms with Gasteiger partial charge in [-0.1, -0.05) is 12.8 Å². The van der Waals surface area contributed by atoms with Gasteiger partial charge in [-0.15, -0.1) is 12.6 Å². The van der Waals surface area contributed by atoms with E-state index in [1.54, 1.807) is 0 Å². The van der Waals surface area contributed by atoms with Crippen LogP contribution in [0.4, 0.5) is 0 Å². The van der Waals surface area contributed by atoms with Gasteiger partial charge in [0.25, 0.3) is 0 Å². The lowest BCUT2D eigenvalue weighted by atomic mass is 10.1. The van der Waals surface area contributed by atoms with Gasteiger partial charge in [-0.05, 0) is 31.0 Å². The van der Waals surface area contributed by atoms with Crippen LogP contribution < -0.4 is 0 Å². The molecule has 0 spiro atoms. The Kier molecular flexibility index (Phi) is 2.43. The summed E-state index contributed by atoms with van der Waals surface area (Å²) in [5.41, 5.74) is 2.30. The van der Waals surface area contributed by atoms with Gasteiger partial charge in [-0.2, -0.15) is 0 Å². The molecule has 1 aliphatic rings. The van der Waals surface area contributed by atoms with Crippen LogP contribution in [0.5, 0.6) is 0 Å². The predicted octanol–water partition coefficient (Wildman–Crippen LogP) is 3.52. The third-order valence-electron chi connectivity index (χ3n) is 3.62. The number of imidazole rings is 1. The molecule has 0 saturated heterocycles. The maximum atomic E-state index is 4.77. The van der Waals surface area contributed by atoms with Crippen molar-refractivity contribution in [2.24, 2.45) is 7.05 Å². The van der Waals surface area contributed by atoms with E-state index in [4.69, 9.17) is 4.98 Å². The molecule has 1 heterocycles. The summed E-state index contributed by atoms with van der Waals surface area (Å²) in [5, 5.41) is 0. The molecule has 3 rings (SSSR count). The monoisotopic (exact) mass is 232 g/mol. The summed E-state index contributed by atoms with van der Waals surface area (Å²) in [6.45, 7) is 0. The average molecular weight is 232 g/mol. The molecule has 1 aliphatic carbocycles. The highest BCUT2D eigenvalue weighted by Crippen LogP contribution is 2.34. The molecule has 3 heteroatoms. The number of nitrogens with zero attached hydrogens (tertiary/aromatic N) is 2. The average Bonchev–Trinajstić information content (AvgIpc) is 2.86. The Labute approximate surface area is 101 Å². The highest BCUT2D eigenvalue weighted by Gasteiger charge is 2.22. The van der Waals surface area contributed by atoms with E-state index in [1.165, 1.54) is 37.0 Å². The van der Waals surface area contributed by atoms with Crippen molar-refractivity contribution in [3.8, 4) is 0 Å². The minimum absolute atomic E-state index is 0.667. The van der Waals surface area contributed by atoms with Crippen LogP contribution in [0.2, 0.25) is 0 Å². The molecule has 0 amide bonds. The summed E-state index contributed by atoms with van der Waals surface area (Å²) >= 11 is 4.36. The van der Waals surface area contributed by atoms with Crippen LogP contribution in [0.1, 0.15) is 37.4 Å². The first-order valence-corrected chi connectivity index (χ1v) is 6.36. The number of fused-ring (bicyclic) bond motifs is 1. The van der Waals surface area contributed by atoms with Gasteiger partial charge < -0.3 is 4.57 Å². The van der Waals surface area contributed by atoms with Gasteiger partial charge >= 0.3 is 0 Å². The second-order valence-electron chi connectivity index (χ2n) is 4.68. The van der Waals surface area contributed by atoms with Crippen molar-refractivity contribution >= 4 is 23.7 Å². The van der Waals surface area contributed by atoms with Crippen LogP contribution in [0.25, 0.3) is 11.0 Å². The van der Waals surface area contributed by atoms with E-state index in [0.29, 0.717) is 5.92 Å². The lowest BCUT2D eigenvalue weighted by Crippen LogP contribution is -2.02. The van der Waals surface area contributed by atoms with Crippen molar-refractivity contribution in [3.63, 3.8) is 0 Å². The molecule has 0 N–H and O–H groups in total. The van der Waals surface area contributed by atoms with Gasteiger partial charge in [0.15, 0.2) is 0 Å². The number of hydrogen-bond acceptors (Lipinski definition) is 2. The zero-order chi connectivity index (χ0) is 11.1. The topological polar surface area (TPSA) is 17.8 Å². The Morgan fingerprint density at radius 2 is 2.06 bits per heavy atom. The van der Waals surface area contributed by atoms with Crippen molar-refractivity contribution in [1.82, 2.24) is 9.55 Å². The molecule has 0 aliphatic heterocycles. The maximum Gasteiger partial charge on any atom is 0.112 e. The first-order valence-electron chi connectivity index (χ1n) is 5.91. The summed E-state index contributed by atoms with van der Waals surface area (Å²) in [4.78, 5) is 5.76. The summed E-state index contributed by atoms with van der Waals surface area (Å²) in [5.74, 6) is 1.92. The van der Waals surface area contributed by atoms with Crippen molar-refractivity contribution in [3.05, 3.63) is 24.0 Å². The number of aryl methyl sites for hydroxylation is 1. The van der Waals surface area contributed by atoms with E-state index in [1.807, 2.05) is 6.07 Å². The minimum Gasteiger partial charge on any atom is -0.331 e. The molecule has 16 heavy (non-hydrogen) atoms. The second-order valence-corrected chi connectivity index (χ2v) is 5.20. The van der Waals surface area contributed by atoms with Crippen LogP contribution in [-0.2, 0) is 7.05 Å². The maximum absolute atomic E-state index is 4.77. The van der Waals surface area contributed by atoms with E-state index in [2.05, 4.69) is 36.4 Å². The summed E-state index contributed by atoms with van der Waals surface area (Å²) in [6.07, 6.45) is 5.30. The normalized spacial score (nSPS) is 17.4. The van der Waals surface area contributed by atoms with Crippen LogP contribution in [-0.4, -0.2) is 9.55 Å². The molecule has 2 aromatic rings. The van der Waals surface area contributed by atoms with Crippen LogP contribution >= 0.6 is 12.6 Å². The third kappa shape index (κ3) is 1.54. The molecule has 0 atom stereocenters. The molecule has 84 valence electrons. The summed E-state index contributed by atoms with van der Waals surface area (Å²) < 4.78 is 2.25. The third-order valence-corrected chi connectivity index (χ3v) is 3.90. The first-order chi connectivity index (χ1) is 7.75. The van der Waals surface area contributed by atoms with Gasteiger partial charge in [-0.3, -0.25) is 0 Å². The molecule has 0 unspecified atom stereocenters. The molecular formula is C13H16N2S.